The van der Waals surface area contributed by atoms with Crippen LogP contribution in [0.2, 0.25) is 0 Å². The smallest absolute Gasteiger partial charge is 0.260 e. The summed E-state index contributed by atoms with van der Waals surface area (Å²) in [4.78, 5) is 0. The lowest BCUT2D eigenvalue weighted by atomic mass is 10.3. The predicted molar refractivity (Wildman–Crippen MR) is 64.8 cm³/mol. The average Bonchev–Trinajstić information content (AvgIpc) is 2.60. The number of aromatic nitrogens is 2. The van der Waals surface area contributed by atoms with Gasteiger partial charge in [-0.3, -0.25) is 5.10 Å². The first-order valence-electron chi connectivity index (χ1n) is 4.75. The topological polar surface area (TPSA) is 101 Å². The van der Waals surface area contributed by atoms with E-state index < -0.39 is 10.0 Å². The molecular weight excluding hydrogens is 248 g/mol. The van der Waals surface area contributed by atoms with Crippen LogP contribution in [0.1, 0.15) is 11.3 Å². The molecule has 0 atom stereocenters. The first-order valence-corrected chi connectivity index (χ1v) is 7.63. The lowest BCUT2D eigenvalue weighted by Gasteiger charge is -2.04. The van der Waals surface area contributed by atoms with Gasteiger partial charge in [0.05, 0.1) is 0 Å². The van der Waals surface area contributed by atoms with Crippen molar-refractivity contribution in [1.29, 1.82) is 0 Å². The molecule has 0 amide bonds. The highest BCUT2D eigenvalue weighted by atomic mass is 32.2. The monoisotopic (exact) mass is 264 g/mol. The van der Waals surface area contributed by atoms with Crippen LogP contribution in [0, 0.1) is 6.92 Å². The molecule has 0 aromatic carbocycles. The van der Waals surface area contributed by atoms with Gasteiger partial charge in [-0.2, -0.15) is 16.9 Å². The largest absolute Gasteiger partial charge is 0.326 e. The average molecular weight is 264 g/mol. The van der Waals surface area contributed by atoms with E-state index in [1.54, 1.807) is 18.7 Å². The summed E-state index contributed by atoms with van der Waals surface area (Å²) in [5.41, 5.74) is 6.72. The Morgan fingerprint density at radius 2 is 2.25 bits per heavy atom. The van der Waals surface area contributed by atoms with E-state index in [-0.39, 0.29) is 11.6 Å². The van der Waals surface area contributed by atoms with E-state index in [1.807, 2.05) is 6.26 Å². The Balaban J connectivity index is 2.89. The fraction of sp³-hybridized carbons (Fsp3) is 0.625. The molecule has 0 saturated carbocycles. The quantitative estimate of drug-likeness (QED) is 0.619. The molecule has 0 unspecified atom stereocenters. The maximum absolute atomic E-state index is 11.8. The van der Waals surface area contributed by atoms with E-state index >= 15 is 0 Å². The molecule has 0 saturated heterocycles. The molecule has 0 fully saturated rings. The zero-order valence-electron chi connectivity index (χ0n) is 9.28. The van der Waals surface area contributed by atoms with Crippen molar-refractivity contribution in [3.05, 3.63) is 11.3 Å². The van der Waals surface area contributed by atoms with Crippen LogP contribution in [0.25, 0.3) is 0 Å². The summed E-state index contributed by atoms with van der Waals surface area (Å²) >= 11 is 1.57. The fourth-order valence-corrected chi connectivity index (χ4v) is 2.91. The van der Waals surface area contributed by atoms with E-state index in [4.69, 9.17) is 5.73 Å². The van der Waals surface area contributed by atoms with E-state index in [0.29, 0.717) is 17.8 Å². The third-order valence-corrected chi connectivity index (χ3v) is 4.14. The Hall–Kier alpha value is -0.570. The van der Waals surface area contributed by atoms with Gasteiger partial charge < -0.3 is 5.73 Å². The van der Waals surface area contributed by atoms with Crippen molar-refractivity contribution in [2.24, 2.45) is 5.73 Å². The maximum atomic E-state index is 11.8. The molecule has 1 heterocycles. The van der Waals surface area contributed by atoms with Crippen LogP contribution < -0.4 is 10.5 Å². The molecule has 0 spiro atoms. The van der Waals surface area contributed by atoms with E-state index in [9.17, 15) is 8.42 Å². The summed E-state index contributed by atoms with van der Waals surface area (Å²) < 4.78 is 26.2. The number of hydrogen-bond acceptors (Lipinski definition) is 5. The molecule has 0 aliphatic carbocycles. The number of hydrogen-bond donors (Lipinski definition) is 3. The van der Waals surface area contributed by atoms with Gasteiger partial charge >= 0.3 is 0 Å². The van der Waals surface area contributed by atoms with Crippen molar-refractivity contribution in [2.75, 3.05) is 18.6 Å². The summed E-state index contributed by atoms with van der Waals surface area (Å²) in [7, 11) is -3.54. The van der Waals surface area contributed by atoms with Crippen molar-refractivity contribution in [3.63, 3.8) is 0 Å². The maximum Gasteiger partial charge on any atom is 0.260 e. The highest BCUT2D eigenvalue weighted by Crippen LogP contribution is 2.14. The van der Waals surface area contributed by atoms with Crippen LogP contribution >= 0.6 is 11.8 Å². The van der Waals surface area contributed by atoms with Gasteiger partial charge in [-0.25, -0.2) is 13.1 Å². The lowest BCUT2D eigenvalue weighted by molar-refractivity contribution is 0.578. The first-order chi connectivity index (χ1) is 7.53. The predicted octanol–water partition coefficient (Wildman–Crippen LogP) is -0.182. The lowest BCUT2D eigenvalue weighted by Crippen LogP contribution is -2.27. The van der Waals surface area contributed by atoms with Gasteiger partial charge in [0.1, 0.15) is 0 Å². The van der Waals surface area contributed by atoms with Crippen LogP contribution in [0.4, 0.5) is 0 Å². The number of nitrogens with zero attached hydrogens (tertiary/aromatic N) is 1. The highest BCUT2D eigenvalue weighted by molar-refractivity contribution is 7.98. The molecule has 1 rings (SSSR count). The first kappa shape index (κ1) is 13.5. The molecule has 0 bridgehead atoms. The number of thioether (sulfide) groups is 1. The number of aryl methyl sites for hydroxylation is 1. The Morgan fingerprint density at radius 1 is 1.56 bits per heavy atom. The number of rotatable bonds is 6. The minimum Gasteiger partial charge on any atom is -0.326 e. The highest BCUT2D eigenvalue weighted by Gasteiger charge is 2.22. The molecule has 1 aromatic rings. The summed E-state index contributed by atoms with van der Waals surface area (Å²) in [6.07, 6.45) is 1.91. The number of nitrogens with one attached hydrogen (secondary N) is 2. The SMILES string of the molecule is CSCCNS(=O)(=O)c1n[nH]c(C)c1CN. The molecule has 0 radical (unpaired) electrons. The van der Waals surface area contributed by atoms with Gasteiger partial charge in [0, 0.05) is 30.1 Å². The van der Waals surface area contributed by atoms with Gasteiger partial charge in [-0.05, 0) is 13.2 Å². The molecular formula is C8H16N4O2S2. The zero-order valence-corrected chi connectivity index (χ0v) is 10.9. The van der Waals surface area contributed by atoms with Gasteiger partial charge in [-0.1, -0.05) is 0 Å². The van der Waals surface area contributed by atoms with Crippen molar-refractivity contribution in [2.45, 2.75) is 18.5 Å². The minimum absolute atomic E-state index is 0.00797. The third kappa shape index (κ3) is 2.97. The summed E-state index contributed by atoms with van der Waals surface area (Å²) in [6, 6.07) is 0. The Labute approximate surface area is 99.4 Å². The number of sulfonamides is 1. The van der Waals surface area contributed by atoms with Crippen molar-refractivity contribution < 1.29 is 8.42 Å². The molecule has 6 nitrogen and oxygen atoms in total. The molecule has 92 valence electrons. The third-order valence-electron chi connectivity index (χ3n) is 2.09. The standard InChI is InChI=1S/C8H16N4O2S2/c1-6-7(5-9)8(12-11-6)16(13,14)10-3-4-15-2/h10H,3-5,9H2,1-2H3,(H,11,12). The van der Waals surface area contributed by atoms with Crippen molar-refractivity contribution in [3.8, 4) is 0 Å². The second kappa shape index (κ2) is 5.67. The molecule has 4 N–H and O–H groups in total. The minimum atomic E-state index is -3.54. The van der Waals surface area contributed by atoms with Gasteiger partial charge in [0.25, 0.3) is 10.0 Å². The van der Waals surface area contributed by atoms with Crippen molar-refractivity contribution >= 4 is 21.8 Å². The number of H-pyrrole nitrogens is 1. The van der Waals surface area contributed by atoms with Crippen LogP contribution in [0.3, 0.4) is 0 Å². The second-order valence-corrected chi connectivity index (χ2v) is 5.89. The Bertz CT molecular complexity index is 441. The van der Waals surface area contributed by atoms with Crippen molar-refractivity contribution in [1.82, 2.24) is 14.9 Å². The molecule has 1 aromatic heterocycles. The summed E-state index contributed by atoms with van der Waals surface area (Å²) in [5, 5.41) is 6.41. The normalized spacial score (nSPS) is 11.9. The number of aromatic amines is 1. The van der Waals surface area contributed by atoms with Crippen LogP contribution in [0.15, 0.2) is 5.03 Å². The Kier molecular flexibility index (Phi) is 4.78. The number of nitrogens with two attached hydrogens (primary N) is 1. The van der Waals surface area contributed by atoms with Crippen LogP contribution in [-0.4, -0.2) is 37.2 Å². The van der Waals surface area contributed by atoms with Gasteiger partial charge in [-0.15, -0.1) is 0 Å². The summed E-state index contributed by atoms with van der Waals surface area (Å²) in [6.45, 7) is 2.29. The Morgan fingerprint density at radius 3 is 2.81 bits per heavy atom. The van der Waals surface area contributed by atoms with E-state index in [0.717, 1.165) is 5.75 Å². The van der Waals surface area contributed by atoms with Crippen LogP contribution in [-0.2, 0) is 16.6 Å². The summed E-state index contributed by atoms with van der Waals surface area (Å²) in [5.74, 6) is 0.723. The molecule has 0 aliphatic rings. The molecule has 8 heteroatoms. The van der Waals surface area contributed by atoms with Gasteiger partial charge in [0.15, 0.2) is 5.03 Å². The van der Waals surface area contributed by atoms with E-state index in [2.05, 4.69) is 14.9 Å². The van der Waals surface area contributed by atoms with E-state index in [1.165, 1.54) is 0 Å². The zero-order chi connectivity index (χ0) is 12.2. The molecule has 0 aliphatic heterocycles. The van der Waals surface area contributed by atoms with Gasteiger partial charge in [0.2, 0.25) is 0 Å². The second-order valence-electron chi connectivity index (χ2n) is 3.23. The fourth-order valence-electron chi connectivity index (χ4n) is 1.24. The molecule has 16 heavy (non-hydrogen) atoms. The van der Waals surface area contributed by atoms with Crippen LogP contribution in [0.5, 0.6) is 0 Å².